The zero-order valence-electron chi connectivity index (χ0n) is 21.4. The van der Waals surface area contributed by atoms with Crippen LogP contribution in [0.25, 0.3) is 0 Å². The summed E-state index contributed by atoms with van der Waals surface area (Å²) in [5, 5.41) is 0. The number of benzene rings is 6. The van der Waals surface area contributed by atoms with Gasteiger partial charge in [-0.15, -0.1) is 0 Å². The van der Waals surface area contributed by atoms with Gasteiger partial charge in [0.1, 0.15) is 0 Å². The Bertz CT molecular complexity index is 1170. The van der Waals surface area contributed by atoms with Crippen LogP contribution in [0.3, 0.4) is 0 Å². The molecule has 6 rings (SSSR count). The van der Waals surface area contributed by atoms with E-state index in [4.69, 9.17) is 0 Å². The Balaban J connectivity index is 0.000000155. The van der Waals surface area contributed by atoms with Gasteiger partial charge in [0, 0.05) is 0 Å². The molecule has 0 fully saturated rings. The molecule has 0 heterocycles. The number of hydrogen-bond donors (Lipinski definition) is 0. The topological polar surface area (TPSA) is 0 Å². The minimum atomic E-state index is -1.63. The molecule has 2 heteroatoms. The van der Waals surface area contributed by atoms with Crippen LogP contribution in [0.2, 0.25) is 0 Å². The van der Waals surface area contributed by atoms with Crippen LogP contribution in [0.5, 0.6) is 0 Å². The van der Waals surface area contributed by atoms with Gasteiger partial charge in [-0.3, -0.25) is 0 Å². The van der Waals surface area contributed by atoms with E-state index in [9.17, 15) is 0 Å². The van der Waals surface area contributed by atoms with Crippen LogP contribution >= 0.6 is 0 Å². The quantitative estimate of drug-likeness (QED) is 0.272. The van der Waals surface area contributed by atoms with Gasteiger partial charge in [0.2, 0.25) is 0 Å². The molecule has 0 unspecified atom stereocenters. The Labute approximate surface area is 231 Å². The van der Waals surface area contributed by atoms with E-state index < -0.39 is 14.3 Å². The van der Waals surface area contributed by atoms with E-state index in [0.717, 1.165) is 0 Å². The molecule has 0 nitrogen and oxygen atoms in total. The molecule has 0 saturated carbocycles. The summed E-state index contributed by atoms with van der Waals surface area (Å²) < 4.78 is 4.50. The molecule has 0 aliphatic carbocycles. The monoisotopic (exact) mass is 547 g/mol. The first kappa shape index (κ1) is 25.6. The van der Waals surface area contributed by atoms with Gasteiger partial charge in [-0.05, 0) is 6.71 Å². The van der Waals surface area contributed by atoms with Gasteiger partial charge >= 0.3 is 119 Å². The van der Waals surface area contributed by atoms with E-state index in [-0.39, 0.29) is 0 Å². The van der Waals surface area contributed by atoms with Crippen molar-refractivity contribution in [2.45, 2.75) is 0 Å². The SMILES string of the molecule is c1cc[c]([Ge]([c]2ccccc2)[c]2ccccc2)cc1.c1ccc([B-](c2ccccc2)c2ccccc2)cc1. The van der Waals surface area contributed by atoms with Gasteiger partial charge in [-0.25, -0.2) is 16.4 Å². The summed E-state index contributed by atoms with van der Waals surface area (Å²) in [6, 6.07) is 64.8. The second-order valence-electron chi connectivity index (χ2n) is 9.14. The molecular weight excluding hydrogens is 516 g/mol. The molecule has 182 valence electrons. The van der Waals surface area contributed by atoms with Crippen LogP contribution in [-0.4, -0.2) is 21.1 Å². The normalized spacial score (nSPS) is 10.6. The van der Waals surface area contributed by atoms with Crippen molar-refractivity contribution in [3.8, 4) is 0 Å². The van der Waals surface area contributed by atoms with Crippen LogP contribution in [-0.2, 0) is 0 Å². The molecule has 2 radical (unpaired) electrons. The minimum Gasteiger partial charge on any atom is -0.233 e. The first-order valence-electron chi connectivity index (χ1n) is 13.1. The molecule has 0 aromatic heterocycles. The van der Waals surface area contributed by atoms with Crippen molar-refractivity contribution < 1.29 is 0 Å². The minimum absolute atomic E-state index is 0.309. The van der Waals surface area contributed by atoms with Crippen molar-refractivity contribution in [2.24, 2.45) is 0 Å². The Morgan fingerprint density at radius 1 is 0.263 bits per heavy atom. The van der Waals surface area contributed by atoms with E-state index in [0.29, 0.717) is 6.71 Å². The van der Waals surface area contributed by atoms with E-state index in [1.807, 2.05) is 0 Å². The largest absolute Gasteiger partial charge is 0.233 e. The van der Waals surface area contributed by atoms with Gasteiger partial charge in [-0.1, -0.05) is 91.0 Å². The van der Waals surface area contributed by atoms with Crippen molar-refractivity contribution in [3.05, 3.63) is 182 Å². The summed E-state index contributed by atoms with van der Waals surface area (Å²) in [5.41, 5.74) is 4.00. The third-order valence-corrected chi connectivity index (χ3v) is 12.3. The zero-order chi connectivity index (χ0) is 25.8. The van der Waals surface area contributed by atoms with Gasteiger partial charge in [0.15, 0.2) is 0 Å². The maximum absolute atomic E-state index is 2.27. The van der Waals surface area contributed by atoms with Crippen molar-refractivity contribution in [1.82, 2.24) is 0 Å². The first-order valence-corrected chi connectivity index (χ1v) is 16.2. The molecule has 0 atom stereocenters. The van der Waals surface area contributed by atoms with Crippen LogP contribution in [0.1, 0.15) is 0 Å². The van der Waals surface area contributed by atoms with E-state index >= 15 is 0 Å². The van der Waals surface area contributed by atoms with Crippen molar-refractivity contribution in [3.63, 3.8) is 0 Å². The fraction of sp³-hybridized carbons (Fsp3) is 0. The maximum Gasteiger partial charge on any atom is -0.0336 e. The van der Waals surface area contributed by atoms with E-state index in [1.165, 1.54) is 29.6 Å². The second-order valence-corrected chi connectivity index (χ2v) is 14.3. The zero-order valence-corrected chi connectivity index (χ0v) is 23.5. The smallest absolute Gasteiger partial charge is 0.0336 e. The molecule has 6 aromatic rings. The summed E-state index contributed by atoms with van der Waals surface area (Å²) in [6.07, 6.45) is 0. The van der Waals surface area contributed by atoms with Gasteiger partial charge < -0.3 is 0 Å². The molecule has 0 aliphatic heterocycles. The molecule has 0 spiro atoms. The fourth-order valence-corrected chi connectivity index (χ4v) is 10.2. The van der Waals surface area contributed by atoms with Crippen molar-refractivity contribution >= 4 is 50.6 Å². The van der Waals surface area contributed by atoms with Crippen LogP contribution in [0.4, 0.5) is 0 Å². The fourth-order valence-electron chi connectivity index (χ4n) is 4.83. The Morgan fingerprint density at radius 2 is 0.474 bits per heavy atom. The third-order valence-electron chi connectivity index (χ3n) is 6.59. The number of hydrogen-bond acceptors (Lipinski definition) is 0. The van der Waals surface area contributed by atoms with Gasteiger partial charge in [0.25, 0.3) is 0 Å². The Kier molecular flexibility index (Phi) is 9.06. The Hall–Kier alpha value is -4.07. The molecule has 0 N–H and O–H groups in total. The third kappa shape index (κ3) is 6.62. The summed E-state index contributed by atoms with van der Waals surface area (Å²) >= 11 is -1.63. The van der Waals surface area contributed by atoms with Gasteiger partial charge in [-0.2, -0.15) is 0 Å². The van der Waals surface area contributed by atoms with Gasteiger partial charge in [0.05, 0.1) is 0 Å². The predicted octanol–water partition coefficient (Wildman–Crippen LogP) is 4.41. The summed E-state index contributed by atoms with van der Waals surface area (Å²) in [7, 11) is 0. The molecule has 0 saturated heterocycles. The average Bonchev–Trinajstić information content (AvgIpc) is 3.01. The number of rotatable bonds is 6. The molecule has 38 heavy (non-hydrogen) atoms. The van der Waals surface area contributed by atoms with E-state index in [2.05, 4.69) is 182 Å². The molecule has 0 amide bonds. The predicted molar refractivity (Wildman–Crippen MR) is 168 cm³/mol. The molecule has 6 aromatic carbocycles. The molecule has 0 aliphatic rings. The van der Waals surface area contributed by atoms with Crippen LogP contribution < -0.4 is 29.6 Å². The van der Waals surface area contributed by atoms with E-state index in [1.54, 1.807) is 0 Å². The average molecular weight is 546 g/mol. The first-order chi connectivity index (χ1) is 18.9. The summed E-state index contributed by atoms with van der Waals surface area (Å²) in [4.78, 5) is 0. The summed E-state index contributed by atoms with van der Waals surface area (Å²) in [6.45, 7) is 0.309. The molecule has 0 bridgehead atoms. The standard InChI is InChI=1S/C18H15B.C18H15Ge/c2*1-4-10-16(11-5-1)19(17-12-6-2-7-13-17)18-14-8-3-9-15-18/h2*1-15H/q-1;. The van der Waals surface area contributed by atoms with Crippen molar-refractivity contribution in [1.29, 1.82) is 0 Å². The van der Waals surface area contributed by atoms with Crippen LogP contribution in [0, 0.1) is 0 Å². The Morgan fingerprint density at radius 3 is 0.711 bits per heavy atom. The molecular formula is C36H30BGe-. The summed E-state index contributed by atoms with van der Waals surface area (Å²) in [5.74, 6) is 0. The van der Waals surface area contributed by atoms with Crippen LogP contribution in [0.15, 0.2) is 182 Å². The second kappa shape index (κ2) is 13.5. The van der Waals surface area contributed by atoms with Crippen molar-refractivity contribution in [2.75, 3.05) is 0 Å². The maximum atomic E-state index is 2.27.